The summed E-state index contributed by atoms with van der Waals surface area (Å²) in [7, 11) is 0. The molecule has 6 heteroatoms. The van der Waals surface area contributed by atoms with E-state index in [4.69, 9.17) is 9.47 Å². The van der Waals surface area contributed by atoms with Gasteiger partial charge in [-0.2, -0.15) is 0 Å². The highest BCUT2D eigenvalue weighted by Crippen LogP contribution is 2.15. The highest BCUT2D eigenvalue weighted by atomic mass is 16.6. The Morgan fingerprint density at radius 3 is 1.63 bits per heavy atom. The van der Waals surface area contributed by atoms with Crippen LogP contribution in [0.5, 0.6) is 0 Å². The van der Waals surface area contributed by atoms with Crippen molar-refractivity contribution in [3.63, 3.8) is 0 Å². The molecule has 268 valence electrons. The second kappa shape index (κ2) is 34.4. The van der Waals surface area contributed by atoms with Gasteiger partial charge >= 0.3 is 11.9 Å². The van der Waals surface area contributed by atoms with Gasteiger partial charge in [-0.25, -0.2) is 0 Å². The maximum absolute atomic E-state index is 12.1. The van der Waals surface area contributed by atoms with E-state index in [-0.39, 0.29) is 37.4 Å². The van der Waals surface area contributed by atoms with E-state index in [9.17, 15) is 19.5 Å². The number of rotatable bonds is 34. The molecule has 0 aliphatic carbocycles. The first-order valence-electron chi connectivity index (χ1n) is 19.2. The molecule has 0 aromatic heterocycles. The molecule has 0 rings (SSSR count). The molecule has 0 saturated carbocycles. The molecule has 0 spiro atoms. The van der Waals surface area contributed by atoms with E-state index in [0.717, 1.165) is 57.3 Å². The second-order valence-corrected chi connectivity index (χ2v) is 13.5. The average molecular weight is 649 g/mol. The Morgan fingerprint density at radius 2 is 1.11 bits per heavy atom. The van der Waals surface area contributed by atoms with Crippen LogP contribution in [0, 0.1) is 5.92 Å². The molecule has 0 aromatic carbocycles. The van der Waals surface area contributed by atoms with E-state index in [2.05, 4.69) is 26.8 Å². The standard InChI is InChI=1S/C40H72O6/c1-4-5-6-7-15-20-25-30-37(42)31-26-21-18-23-28-33-40(44)46-38(34-41)35-45-39(43)32-27-22-17-14-12-10-8-9-11-13-16-19-24-29-36(2)3/h15,20,25,30,36,38,41H,4-14,16-19,21-24,26-29,31-35H2,1-3H3/b20-15-,30-25+/t38-/m0/s1. The Bertz CT molecular complexity index is 772. The highest BCUT2D eigenvalue weighted by molar-refractivity contribution is 5.89. The molecule has 0 aliphatic heterocycles. The summed E-state index contributed by atoms with van der Waals surface area (Å²) in [5.41, 5.74) is 0. The molecule has 0 amide bonds. The summed E-state index contributed by atoms with van der Waals surface area (Å²) < 4.78 is 10.5. The van der Waals surface area contributed by atoms with Crippen molar-refractivity contribution in [3.8, 4) is 0 Å². The first-order chi connectivity index (χ1) is 22.4. The Kier molecular flexibility index (Phi) is 32.9. The van der Waals surface area contributed by atoms with E-state index in [1.54, 1.807) is 6.08 Å². The van der Waals surface area contributed by atoms with Gasteiger partial charge in [-0.05, 0) is 44.1 Å². The van der Waals surface area contributed by atoms with E-state index >= 15 is 0 Å². The zero-order chi connectivity index (χ0) is 33.9. The minimum Gasteiger partial charge on any atom is -0.462 e. The molecule has 0 fully saturated rings. The van der Waals surface area contributed by atoms with E-state index < -0.39 is 6.10 Å². The third-order valence-electron chi connectivity index (χ3n) is 8.40. The number of esters is 2. The fourth-order valence-corrected chi connectivity index (χ4v) is 5.43. The second-order valence-electron chi connectivity index (χ2n) is 13.5. The molecule has 0 unspecified atom stereocenters. The lowest BCUT2D eigenvalue weighted by atomic mass is 10.0. The topological polar surface area (TPSA) is 89.9 Å². The van der Waals surface area contributed by atoms with Crippen LogP contribution in [0.3, 0.4) is 0 Å². The van der Waals surface area contributed by atoms with Crippen molar-refractivity contribution in [1.82, 2.24) is 0 Å². The van der Waals surface area contributed by atoms with Crippen LogP contribution in [-0.4, -0.2) is 42.1 Å². The van der Waals surface area contributed by atoms with Gasteiger partial charge in [-0.1, -0.05) is 155 Å². The lowest BCUT2D eigenvalue weighted by Crippen LogP contribution is -2.28. The Labute approximate surface area is 283 Å². The van der Waals surface area contributed by atoms with Crippen LogP contribution in [0.15, 0.2) is 24.3 Å². The number of aliphatic hydroxyl groups is 1. The van der Waals surface area contributed by atoms with Crippen molar-refractivity contribution in [2.45, 2.75) is 194 Å². The minimum absolute atomic E-state index is 0.101. The largest absolute Gasteiger partial charge is 0.462 e. The maximum atomic E-state index is 12.1. The third-order valence-corrected chi connectivity index (χ3v) is 8.40. The van der Waals surface area contributed by atoms with Gasteiger partial charge in [0.05, 0.1) is 6.61 Å². The summed E-state index contributed by atoms with van der Waals surface area (Å²) in [5, 5.41) is 9.53. The van der Waals surface area contributed by atoms with Crippen molar-refractivity contribution in [2.75, 3.05) is 13.2 Å². The smallest absolute Gasteiger partial charge is 0.306 e. The summed E-state index contributed by atoms with van der Waals surface area (Å²) in [6, 6.07) is 0. The minimum atomic E-state index is -0.813. The number of ether oxygens (including phenoxy) is 2. The van der Waals surface area contributed by atoms with Gasteiger partial charge in [0.25, 0.3) is 0 Å². The summed E-state index contributed by atoms with van der Waals surface area (Å²) in [4.78, 5) is 36.1. The molecule has 0 aliphatic rings. The normalized spacial score (nSPS) is 12.4. The molecule has 0 saturated heterocycles. The fraction of sp³-hybridized carbons (Fsp3) is 0.825. The fourth-order valence-electron chi connectivity index (χ4n) is 5.43. The monoisotopic (exact) mass is 649 g/mol. The molecular formula is C40H72O6. The van der Waals surface area contributed by atoms with Gasteiger partial charge in [-0.3, -0.25) is 14.4 Å². The van der Waals surface area contributed by atoms with Crippen molar-refractivity contribution in [1.29, 1.82) is 0 Å². The number of aliphatic hydroxyl groups excluding tert-OH is 1. The summed E-state index contributed by atoms with van der Waals surface area (Å²) in [5.74, 6) is 0.315. The third kappa shape index (κ3) is 33.4. The number of hydrogen-bond acceptors (Lipinski definition) is 6. The van der Waals surface area contributed by atoms with Gasteiger partial charge in [0.15, 0.2) is 11.9 Å². The van der Waals surface area contributed by atoms with Crippen molar-refractivity contribution in [3.05, 3.63) is 24.3 Å². The molecule has 6 nitrogen and oxygen atoms in total. The van der Waals surface area contributed by atoms with E-state index in [0.29, 0.717) is 19.3 Å². The molecular weight excluding hydrogens is 576 g/mol. The summed E-state index contributed by atoms with van der Waals surface area (Å²) in [6.07, 6.45) is 34.8. The van der Waals surface area contributed by atoms with Gasteiger partial charge in [0, 0.05) is 19.3 Å². The van der Waals surface area contributed by atoms with Crippen LogP contribution in [-0.2, 0) is 23.9 Å². The van der Waals surface area contributed by atoms with Gasteiger partial charge in [0.1, 0.15) is 6.61 Å². The van der Waals surface area contributed by atoms with Crippen molar-refractivity contribution in [2.24, 2.45) is 5.92 Å². The predicted molar refractivity (Wildman–Crippen MR) is 192 cm³/mol. The zero-order valence-electron chi connectivity index (χ0n) is 30.3. The first-order valence-corrected chi connectivity index (χ1v) is 19.2. The Balaban J connectivity index is 3.63. The van der Waals surface area contributed by atoms with E-state index in [1.807, 2.05) is 12.2 Å². The van der Waals surface area contributed by atoms with Crippen molar-refractivity contribution < 1.29 is 29.0 Å². The van der Waals surface area contributed by atoms with Gasteiger partial charge in [-0.15, -0.1) is 0 Å². The Hall–Kier alpha value is -1.95. The number of carbonyl (C=O) groups excluding carboxylic acids is 3. The van der Waals surface area contributed by atoms with Crippen LogP contribution in [0.2, 0.25) is 0 Å². The Morgan fingerprint density at radius 1 is 0.609 bits per heavy atom. The number of allylic oxidation sites excluding steroid dienone is 4. The molecule has 46 heavy (non-hydrogen) atoms. The molecule has 0 radical (unpaired) electrons. The number of hydrogen-bond donors (Lipinski definition) is 1. The molecule has 0 bridgehead atoms. The van der Waals surface area contributed by atoms with Crippen LogP contribution < -0.4 is 0 Å². The van der Waals surface area contributed by atoms with E-state index in [1.165, 1.54) is 89.9 Å². The SMILES string of the molecule is CCCCC/C=C\C=C\C(=O)CCCCCCCC(=O)O[C@@H](CO)COC(=O)CCCCCCCCCCCCCCCC(C)C. The van der Waals surface area contributed by atoms with Crippen LogP contribution in [0.25, 0.3) is 0 Å². The van der Waals surface area contributed by atoms with Gasteiger partial charge < -0.3 is 14.6 Å². The lowest BCUT2D eigenvalue weighted by Gasteiger charge is -2.15. The number of unbranched alkanes of at least 4 members (excludes halogenated alkanes) is 19. The summed E-state index contributed by atoms with van der Waals surface area (Å²) in [6.45, 7) is 6.33. The van der Waals surface area contributed by atoms with Crippen LogP contribution in [0.4, 0.5) is 0 Å². The van der Waals surface area contributed by atoms with Gasteiger partial charge in [0.2, 0.25) is 0 Å². The number of carbonyl (C=O) groups is 3. The predicted octanol–water partition coefficient (Wildman–Crippen LogP) is 10.9. The quantitative estimate of drug-likeness (QED) is 0.0323. The zero-order valence-corrected chi connectivity index (χ0v) is 30.3. The maximum Gasteiger partial charge on any atom is 0.306 e. The van der Waals surface area contributed by atoms with Crippen LogP contribution in [0.1, 0.15) is 188 Å². The number of ketones is 1. The van der Waals surface area contributed by atoms with Crippen molar-refractivity contribution >= 4 is 17.7 Å². The first kappa shape index (κ1) is 44.0. The summed E-state index contributed by atoms with van der Waals surface area (Å²) >= 11 is 0. The molecule has 1 atom stereocenters. The molecule has 0 heterocycles. The molecule has 1 N–H and O–H groups in total. The molecule has 0 aromatic rings. The van der Waals surface area contributed by atoms with Crippen LogP contribution >= 0.6 is 0 Å². The highest BCUT2D eigenvalue weighted by Gasteiger charge is 2.16. The lowest BCUT2D eigenvalue weighted by molar-refractivity contribution is -0.161. The average Bonchev–Trinajstić information content (AvgIpc) is 3.03.